The second kappa shape index (κ2) is 11.0. The van der Waals surface area contributed by atoms with E-state index < -0.39 is 18.0 Å². The highest BCUT2D eigenvalue weighted by Crippen LogP contribution is 2.14. The first kappa shape index (κ1) is 20.5. The Balaban J connectivity index is 2.11. The van der Waals surface area contributed by atoms with Gasteiger partial charge in [-0.2, -0.15) is 0 Å². The number of amides is 2. The summed E-state index contributed by atoms with van der Waals surface area (Å²) in [5.74, 6) is -0.521. The second-order valence-electron chi connectivity index (χ2n) is 6.55. The van der Waals surface area contributed by atoms with Crippen LogP contribution in [-0.4, -0.2) is 29.5 Å². The summed E-state index contributed by atoms with van der Waals surface area (Å²) in [6.45, 7) is 2.70. The largest absolute Gasteiger partial charge is 0.445 e. The number of rotatable bonds is 10. The van der Waals surface area contributed by atoms with Crippen LogP contribution in [0.4, 0.5) is 4.79 Å². The van der Waals surface area contributed by atoms with Crippen LogP contribution in [0.2, 0.25) is 0 Å². The van der Waals surface area contributed by atoms with E-state index in [9.17, 15) is 9.59 Å². The summed E-state index contributed by atoms with van der Waals surface area (Å²) in [5, 5.41) is 0. The van der Waals surface area contributed by atoms with Crippen LogP contribution in [0.1, 0.15) is 37.3 Å². The van der Waals surface area contributed by atoms with Crippen molar-refractivity contribution in [2.45, 2.75) is 45.3 Å². The summed E-state index contributed by atoms with van der Waals surface area (Å²) in [5.41, 5.74) is 7.50. The number of ether oxygens (including phenoxy) is 1. The Morgan fingerprint density at radius 1 is 0.963 bits per heavy atom. The molecular weight excluding hydrogens is 340 g/mol. The van der Waals surface area contributed by atoms with Gasteiger partial charge in [0.2, 0.25) is 5.91 Å². The molecule has 2 amide bonds. The van der Waals surface area contributed by atoms with E-state index in [-0.39, 0.29) is 6.61 Å². The summed E-state index contributed by atoms with van der Waals surface area (Å²) in [7, 11) is 0. The summed E-state index contributed by atoms with van der Waals surface area (Å²) < 4.78 is 5.47. The van der Waals surface area contributed by atoms with Gasteiger partial charge in [0.25, 0.3) is 0 Å². The molecular formula is C22H28N2O3. The Morgan fingerprint density at radius 2 is 1.56 bits per heavy atom. The fraction of sp³-hybridized carbons (Fsp3) is 0.364. The summed E-state index contributed by atoms with van der Waals surface area (Å²) in [6, 6.07) is 18.3. The number of unbranched alkanes of at least 4 members (excludes halogenated alkanes) is 2. The van der Waals surface area contributed by atoms with Crippen molar-refractivity contribution in [1.29, 1.82) is 0 Å². The first-order valence-corrected chi connectivity index (χ1v) is 9.42. The Hall–Kier alpha value is -2.82. The van der Waals surface area contributed by atoms with Crippen molar-refractivity contribution >= 4 is 12.0 Å². The summed E-state index contributed by atoms with van der Waals surface area (Å²) >= 11 is 0. The molecule has 5 heteroatoms. The highest BCUT2D eigenvalue weighted by atomic mass is 16.6. The van der Waals surface area contributed by atoms with Crippen molar-refractivity contribution in [3.05, 3.63) is 71.8 Å². The molecule has 0 bridgehead atoms. The van der Waals surface area contributed by atoms with Gasteiger partial charge >= 0.3 is 6.09 Å². The maximum atomic E-state index is 12.7. The Kier molecular flexibility index (Phi) is 8.36. The molecule has 2 aromatic rings. The minimum Gasteiger partial charge on any atom is -0.445 e. The van der Waals surface area contributed by atoms with E-state index >= 15 is 0 Å². The molecule has 144 valence electrons. The fourth-order valence-electron chi connectivity index (χ4n) is 2.91. The minimum absolute atomic E-state index is 0.167. The van der Waals surface area contributed by atoms with Gasteiger partial charge in [0.15, 0.2) is 0 Å². The molecule has 0 aliphatic rings. The van der Waals surface area contributed by atoms with Crippen molar-refractivity contribution in [2.24, 2.45) is 5.73 Å². The van der Waals surface area contributed by atoms with Crippen molar-refractivity contribution in [3.8, 4) is 0 Å². The van der Waals surface area contributed by atoms with E-state index in [0.717, 1.165) is 30.4 Å². The lowest BCUT2D eigenvalue weighted by molar-refractivity contribution is -0.122. The smallest absolute Gasteiger partial charge is 0.410 e. The molecule has 2 N–H and O–H groups in total. The normalized spacial score (nSPS) is 11.6. The second-order valence-corrected chi connectivity index (χ2v) is 6.55. The number of carbonyl (C=O) groups excluding carboxylic acids is 2. The zero-order valence-electron chi connectivity index (χ0n) is 15.8. The van der Waals surface area contributed by atoms with E-state index in [1.165, 1.54) is 4.90 Å². The van der Waals surface area contributed by atoms with Crippen LogP contribution in [0.3, 0.4) is 0 Å². The summed E-state index contributed by atoms with van der Waals surface area (Å²) in [4.78, 5) is 26.4. The third kappa shape index (κ3) is 6.77. The number of hydrogen-bond donors (Lipinski definition) is 1. The number of hydrogen-bond acceptors (Lipinski definition) is 3. The number of nitrogens with zero attached hydrogens (tertiary/aromatic N) is 1. The van der Waals surface area contributed by atoms with E-state index in [1.807, 2.05) is 60.7 Å². The first-order chi connectivity index (χ1) is 13.1. The van der Waals surface area contributed by atoms with Crippen LogP contribution in [0.25, 0.3) is 0 Å². The molecule has 0 spiro atoms. The number of nitrogens with two attached hydrogens (primary N) is 1. The van der Waals surface area contributed by atoms with Gasteiger partial charge in [0.1, 0.15) is 12.6 Å². The van der Waals surface area contributed by atoms with Crippen molar-refractivity contribution in [1.82, 2.24) is 4.90 Å². The molecule has 0 heterocycles. The van der Waals surface area contributed by atoms with E-state index in [4.69, 9.17) is 10.5 Å². The van der Waals surface area contributed by atoms with Crippen LogP contribution in [-0.2, 0) is 22.6 Å². The van der Waals surface area contributed by atoms with Gasteiger partial charge < -0.3 is 10.5 Å². The Labute approximate surface area is 161 Å². The molecule has 0 fully saturated rings. The van der Waals surface area contributed by atoms with E-state index in [2.05, 4.69) is 6.92 Å². The molecule has 0 radical (unpaired) electrons. The molecule has 0 aliphatic carbocycles. The van der Waals surface area contributed by atoms with Gasteiger partial charge in [-0.3, -0.25) is 9.69 Å². The fourth-order valence-corrected chi connectivity index (χ4v) is 2.91. The highest BCUT2D eigenvalue weighted by molar-refractivity contribution is 5.84. The molecule has 0 aromatic heterocycles. The van der Waals surface area contributed by atoms with Crippen LogP contribution >= 0.6 is 0 Å². The van der Waals surface area contributed by atoms with Gasteiger partial charge in [-0.05, 0) is 17.5 Å². The van der Waals surface area contributed by atoms with Crippen LogP contribution < -0.4 is 5.73 Å². The van der Waals surface area contributed by atoms with Crippen molar-refractivity contribution in [2.75, 3.05) is 6.54 Å². The van der Waals surface area contributed by atoms with Crippen molar-refractivity contribution < 1.29 is 14.3 Å². The maximum Gasteiger partial charge on any atom is 0.410 e. The Bertz CT molecular complexity index is 704. The van der Waals surface area contributed by atoms with Gasteiger partial charge in [0.05, 0.1) is 0 Å². The van der Waals surface area contributed by atoms with E-state index in [1.54, 1.807) is 0 Å². The lowest BCUT2D eigenvalue weighted by Gasteiger charge is -2.29. The standard InChI is InChI=1S/C22H28N2O3/c1-2-3-10-15-24(22(26)27-17-19-13-8-5-9-14-19)20(21(23)25)16-18-11-6-4-7-12-18/h4-9,11-14,20H,2-3,10,15-17H2,1H3,(H2,23,25). The molecule has 0 aliphatic heterocycles. The van der Waals surface area contributed by atoms with Gasteiger partial charge in [-0.15, -0.1) is 0 Å². The van der Waals surface area contributed by atoms with Gasteiger partial charge in [0, 0.05) is 13.0 Å². The van der Waals surface area contributed by atoms with Crippen LogP contribution in [0.5, 0.6) is 0 Å². The monoisotopic (exact) mass is 368 g/mol. The quantitative estimate of drug-likeness (QED) is 0.646. The molecule has 0 saturated heterocycles. The average Bonchev–Trinajstić information content (AvgIpc) is 2.69. The van der Waals surface area contributed by atoms with Crippen molar-refractivity contribution in [3.63, 3.8) is 0 Å². The first-order valence-electron chi connectivity index (χ1n) is 9.42. The average molecular weight is 368 g/mol. The SMILES string of the molecule is CCCCCN(C(=O)OCc1ccccc1)C(Cc1ccccc1)C(N)=O. The summed E-state index contributed by atoms with van der Waals surface area (Å²) in [6.07, 6.45) is 2.67. The molecule has 1 unspecified atom stereocenters. The van der Waals surface area contributed by atoms with Crippen LogP contribution in [0, 0.1) is 0 Å². The van der Waals surface area contributed by atoms with E-state index in [0.29, 0.717) is 13.0 Å². The predicted molar refractivity (Wildman–Crippen MR) is 106 cm³/mol. The van der Waals surface area contributed by atoms with Gasteiger partial charge in [-0.1, -0.05) is 80.4 Å². The Morgan fingerprint density at radius 3 is 2.11 bits per heavy atom. The third-order valence-corrected chi connectivity index (χ3v) is 4.42. The minimum atomic E-state index is -0.729. The van der Waals surface area contributed by atoms with Gasteiger partial charge in [-0.25, -0.2) is 4.79 Å². The lowest BCUT2D eigenvalue weighted by atomic mass is 10.0. The van der Waals surface area contributed by atoms with Crippen LogP contribution in [0.15, 0.2) is 60.7 Å². The number of primary amides is 1. The molecule has 27 heavy (non-hydrogen) atoms. The lowest BCUT2D eigenvalue weighted by Crippen LogP contribution is -2.49. The molecule has 2 rings (SSSR count). The topological polar surface area (TPSA) is 72.6 Å². The highest BCUT2D eigenvalue weighted by Gasteiger charge is 2.29. The predicted octanol–water partition coefficient (Wildman–Crippen LogP) is 3.91. The number of carbonyl (C=O) groups is 2. The maximum absolute atomic E-state index is 12.7. The molecule has 0 saturated carbocycles. The number of benzene rings is 2. The molecule has 1 atom stereocenters. The molecule has 5 nitrogen and oxygen atoms in total. The zero-order chi connectivity index (χ0) is 19.5. The third-order valence-electron chi connectivity index (χ3n) is 4.42. The zero-order valence-corrected chi connectivity index (χ0v) is 15.8. The molecule has 2 aromatic carbocycles.